The minimum Gasteiger partial charge on any atom is -0.496 e. The molecule has 0 saturated carbocycles. The summed E-state index contributed by atoms with van der Waals surface area (Å²) in [6.45, 7) is 3.90. The average Bonchev–Trinajstić information content (AvgIpc) is 3.04. The summed E-state index contributed by atoms with van der Waals surface area (Å²) in [6, 6.07) is 14.9. The number of carbonyl (C=O) groups excluding carboxylic acids is 3. The zero-order chi connectivity index (χ0) is 29.0. The Kier molecular flexibility index (Phi) is 9.44. The fraction of sp³-hybridized carbons (Fsp3) is 0.367. The molecular weight excluding hydrogens is 576 g/mol. The third-order valence-electron chi connectivity index (χ3n) is 7.35. The van der Waals surface area contributed by atoms with Crippen LogP contribution in [-0.2, 0) is 25.7 Å². The van der Waals surface area contributed by atoms with Crippen molar-refractivity contribution in [2.24, 2.45) is 0 Å². The highest BCUT2D eigenvalue weighted by Gasteiger charge is 2.42. The first-order valence-electron chi connectivity index (χ1n) is 13.2. The molecule has 0 spiro atoms. The van der Waals surface area contributed by atoms with Crippen LogP contribution in [0.1, 0.15) is 25.8 Å². The molecule has 10 heteroatoms. The Balaban J connectivity index is 1.89. The van der Waals surface area contributed by atoms with E-state index in [4.69, 9.17) is 9.47 Å². The molecular formula is C30H35BrN4O5. The van der Waals surface area contributed by atoms with Crippen LogP contribution in [-0.4, -0.2) is 63.7 Å². The van der Waals surface area contributed by atoms with E-state index in [1.54, 1.807) is 37.8 Å². The van der Waals surface area contributed by atoms with Crippen LogP contribution in [0, 0.1) is 0 Å². The second kappa shape index (κ2) is 12.8. The van der Waals surface area contributed by atoms with E-state index < -0.39 is 18.1 Å². The summed E-state index contributed by atoms with van der Waals surface area (Å²) in [7, 11) is 4.81. The van der Waals surface area contributed by atoms with Crippen molar-refractivity contribution in [3.05, 3.63) is 64.6 Å². The number of hydrogen-bond acceptors (Lipinski definition) is 6. The third kappa shape index (κ3) is 5.84. The molecule has 3 aromatic rings. The Morgan fingerprint density at radius 2 is 1.80 bits per heavy atom. The largest absolute Gasteiger partial charge is 0.496 e. The molecule has 212 valence electrons. The lowest BCUT2D eigenvalue weighted by Gasteiger charge is -2.32. The lowest BCUT2D eigenvalue weighted by Crippen LogP contribution is -2.59. The molecule has 2 N–H and O–H groups in total. The van der Waals surface area contributed by atoms with Crippen LogP contribution in [0.25, 0.3) is 10.8 Å². The van der Waals surface area contributed by atoms with E-state index in [0.717, 1.165) is 20.8 Å². The van der Waals surface area contributed by atoms with Crippen molar-refractivity contribution in [2.45, 2.75) is 44.9 Å². The number of carbonyl (C=O) groups is 3. The van der Waals surface area contributed by atoms with Crippen LogP contribution in [0.5, 0.6) is 5.75 Å². The SMILES string of the molecule is CN[C@@H](C)C(=O)N[C@@H]1C(=O)N(Cc2c(OC)ccc3cc(Br)ccc23)c2ccccc2N(C(=O)CCOC)[C@H]1C. The molecule has 0 aliphatic carbocycles. The lowest BCUT2D eigenvalue weighted by molar-refractivity contribution is -0.129. The van der Waals surface area contributed by atoms with Gasteiger partial charge < -0.3 is 29.9 Å². The molecule has 0 bridgehead atoms. The standard InChI is InChI=1S/C30H35BrN4O5/c1-18(32-3)29(37)33-28-19(2)35(27(36)14-15-39-4)25-9-7-6-8-24(25)34(30(28)38)17-23-22-12-11-21(31)16-20(22)10-13-26(23)40-5/h6-13,16,18-19,28,32H,14-15,17H2,1-5H3,(H,33,37)/t18-,19-,28-/m0/s1. The number of halogens is 1. The Morgan fingerprint density at radius 3 is 2.48 bits per heavy atom. The Labute approximate surface area is 242 Å². The minimum absolute atomic E-state index is 0.128. The van der Waals surface area contributed by atoms with Gasteiger partial charge in [-0.1, -0.05) is 40.2 Å². The summed E-state index contributed by atoms with van der Waals surface area (Å²) >= 11 is 3.54. The van der Waals surface area contributed by atoms with Gasteiger partial charge in [-0.3, -0.25) is 14.4 Å². The van der Waals surface area contributed by atoms with E-state index in [1.165, 1.54) is 7.11 Å². The molecule has 1 heterocycles. The fourth-order valence-corrected chi connectivity index (χ4v) is 5.42. The normalized spacial score (nSPS) is 17.8. The van der Waals surface area contributed by atoms with Crippen LogP contribution in [0.2, 0.25) is 0 Å². The highest BCUT2D eigenvalue weighted by molar-refractivity contribution is 9.10. The maximum atomic E-state index is 14.4. The van der Waals surface area contributed by atoms with Gasteiger partial charge in [0.25, 0.3) is 5.91 Å². The molecule has 1 aliphatic heterocycles. The predicted octanol–water partition coefficient (Wildman–Crippen LogP) is 4.01. The number of likely N-dealkylation sites (N-methyl/N-ethyl adjacent to an activating group) is 1. The molecule has 9 nitrogen and oxygen atoms in total. The molecule has 0 aromatic heterocycles. The molecule has 3 aromatic carbocycles. The van der Waals surface area contributed by atoms with Crippen molar-refractivity contribution in [1.29, 1.82) is 0 Å². The number of rotatable bonds is 9. The van der Waals surface area contributed by atoms with Crippen molar-refractivity contribution in [3.8, 4) is 5.75 Å². The molecule has 3 atom stereocenters. The van der Waals surface area contributed by atoms with Gasteiger partial charge in [0, 0.05) is 17.1 Å². The van der Waals surface area contributed by atoms with Gasteiger partial charge in [0.05, 0.1) is 50.1 Å². The highest BCUT2D eigenvalue weighted by atomic mass is 79.9. The van der Waals surface area contributed by atoms with Gasteiger partial charge in [0.2, 0.25) is 11.8 Å². The summed E-state index contributed by atoms with van der Waals surface area (Å²) in [5, 5.41) is 7.75. The topological polar surface area (TPSA) is 100 Å². The Bertz CT molecular complexity index is 1410. The number of hydrogen-bond donors (Lipinski definition) is 2. The van der Waals surface area contributed by atoms with Gasteiger partial charge >= 0.3 is 0 Å². The monoisotopic (exact) mass is 610 g/mol. The first-order chi connectivity index (χ1) is 19.2. The number of amides is 3. The van der Waals surface area contributed by atoms with Gasteiger partial charge in [0.15, 0.2) is 0 Å². The second-order valence-corrected chi connectivity index (χ2v) is 10.7. The molecule has 0 unspecified atom stereocenters. The fourth-order valence-electron chi connectivity index (χ4n) is 5.04. The minimum atomic E-state index is -1.00. The van der Waals surface area contributed by atoms with Gasteiger partial charge in [-0.2, -0.15) is 0 Å². The van der Waals surface area contributed by atoms with E-state index in [0.29, 0.717) is 17.1 Å². The average molecular weight is 612 g/mol. The summed E-state index contributed by atoms with van der Waals surface area (Å²) in [5.41, 5.74) is 1.97. The van der Waals surface area contributed by atoms with Crippen LogP contribution < -0.4 is 25.2 Å². The number of ether oxygens (including phenoxy) is 2. The van der Waals surface area contributed by atoms with Crippen molar-refractivity contribution in [3.63, 3.8) is 0 Å². The van der Waals surface area contributed by atoms with Gasteiger partial charge in [0.1, 0.15) is 11.8 Å². The molecule has 40 heavy (non-hydrogen) atoms. The Hall–Kier alpha value is -3.47. The zero-order valence-electron chi connectivity index (χ0n) is 23.4. The number of anilines is 2. The molecule has 0 saturated heterocycles. The molecule has 0 radical (unpaired) electrons. The molecule has 3 amide bonds. The summed E-state index contributed by atoms with van der Waals surface area (Å²) < 4.78 is 11.8. The number of benzene rings is 3. The van der Waals surface area contributed by atoms with E-state index >= 15 is 0 Å². The van der Waals surface area contributed by atoms with Crippen LogP contribution in [0.15, 0.2) is 59.1 Å². The summed E-state index contributed by atoms with van der Waals surface area (Å²) in [5.74, 6) is -0.231. The van der Waals surface area contributed by atoms with Crippen LogP contribution >= 0.6 is 15.9 Å². The van der Waals surface area contributed by atoms with Crippen LogP contribution in [0.3, 0.4) is 0 Å². The first-order valence-corrected chi connectivity index (χ1v) is 13.9. The maximum absolute atomic E-state index is 14.4. The first kappa shape index (κ1) is 29.5. The van der Waals surface area contributed by atoms with E-state index in [9.17, 15) is 14.4 Å². The van der Waals surface area contributed by atoms with Crippen molar-refractivity contribution in [2.75, 3.05) is 37.7 Å². The highest BCUT2D eigenvalue weighted by Crippen LogP contribution is 2.39. The quantitative estimate of drug-likeness (QED) is 0.380. The predicted molar refractivity (Wildman–Crippen MR) is 160 cm³/mol. The number of nitrogens with zero attached hydrogens (tertiary/aromatic N) is 2. The second-order valence-electron chi connectivity index (χ2n) is 9.77. The van der Waals surface area contributed by atoms with Crippen molar-refractivity contribution >= 4 is 55.8 Å². The summed E-state index contributed by atoms with van der Waals surface area (Å²) in [6.07, 6.45) is 0.128. The smallest absolute Gasteiger partial charge is 0.252 e. The van der Waals surface area contributed by atoms with E-state index in [1.807, 2.05) is 54.6 Å². The van der Waals surface area contributed by atoms with Crippen LogP contribution in [0.4, 0.5) is 11.4 Å². The molecule has 4 rings (SSSR count). The van der Waals surface area contributed by atoms with E-state index in [-0.39, 0.29) is 37.3 Å². The lowest BCUT2D eigenvalue weighted by atomic mass is 10.0. The number of nitrogens with one attached hydrogen (secondary N) is 2. The van der Waals surface area contributed by atoms with Crippen molar-refractivity contribution in [1.82, 2.24) is 10.6 Å². The number of methoxy groups -OCH3 is 2. The maximum Gasteiger partial charge on any atom is 0.252 e. The van der Waals surface area contributed by atoms with Gasteiger partial charge in [-0.15, -0.1) is 0 Å². The Morgan fingerprint density at radius 1 is 1.07 bits per heavy atom. The molecule has 1 aliphatic rings. The van der Waals surface area contributed by atoms with E-state index in [2.05, 4.69) is 26.6 Å². The van der Waals surface area contributed by atoms with Gasteiger partial charge in [-0.25, -0.2) is 0 Å². The summed E-state index contributed by atoms with van der Waals surface area (Å²) in [4.78, 5) is 44.3. The number of para-hydroxylation sites is 2. The third-order valence-corrected chi connectivity index (χ3v) is 7.85. The number of fused-ring (bicyclic) bond motifs is 2. The van der Waals surface area contributed by atoms with Crippen molar-refractivity contribution < 1.29 is 23.9 Å². The zero-order valence-corrected chi connectivity index (χ0v) is 24.9. The van der Waals surface area contributed by atoms with Gasteiger partial charge in [-0.05, 0) is 62.0 Å². The molecule has 0 fully saturated rings.